The highest BCUT2D eigenvalue weighted by atomic mass is 16.5. The van der Waals surface area contributed by atoms with Gasteiger partial charge in [0.1, 0.15) is 6.10 Å². The lowest BCUT2D eigenvalue weighted by atomic mass is 10.1. The smallest absolute Gasteiger partial charge is 0.246 e. The summed E-state index contributed by atoms with van der Waals surface area (Å²) >= 11 is 0. The van der Waals surface area contributed by atoms with Crippen molar-refractivity contribution in [3.8, 4) is 0 Å². The molecule has 0 aliphatic carbocycles. The van der Waals surface area contributed by atoms with Crippen LogP contribution in [-0.2, 0) is 16.0 Å². The van der Waals surface area contributed by atoms with E-state index in [9.17, 15) is 4.79 Å². The van der Waals surface area contributed by atoms with Crippen molar-refractivity contribution >= 4 is 5.91 Å². The summed E-state index contributed by atoms with van der Waals surface area (Å²) in [6.07, 6.45) is 4.84. The molecule has 15 heavy (non-hydrogen) atoms. The third-order valence-electron chi connectivity index (χ3n) is 2.13. The molecule has 1 amide bonds. The predicted octanol–water partition coefficient (Wildman–Crippen LogP) is 0.905. The minimum atomic E-state index is -0.498. The molecule has 1 rings (SSSR count). The van der Waals surface area contributed by atoms with Crippen LogP contribution in [0.3, 0.4) is 0 Å². The summed E-state index contributed by atoms with van der Waals surface area (Å²) in [7, 11) is 0. The first kappa shape index (κ1) is 11.7. The maximum atomic E-state index is 10.7. The van der Waals surface area contributed by atoms with Gasteiger partial charge in [0.15, 0.2) is 0 Å². The minimum absolute atomic E-state index is 0.418. The lowest BCUT2D eigenvalue weighted by Crippen LogP contribution is -2.28. The number of hydrogen-bond donors (Lipinski definition) is 1. The number of carbonyl (C=O) groups is 1. The van der Waals surface area contributed by atoms with E-state index in [0.29, 0.717) is 6.61 Å². The molecule has 0 fully saturated rings. The zero-order valence-corrected chi connectivity index (χ0v) is 8.85. The third kappa shape index (κ3) is 4.56. The van der Waals surface area contributed by atoms with Crippen LogP contribution in [0.15, 0.2) is 24.5 Å². The highest BCUT2D eigenvalue weighted by molar-refractivity contribution is 5.78. The molecule has 82 valence electrons. The van der Waals surface area contributed by atoms with Crippen LogP contribution in [0.4, 0.5) is 0 Å². The maximum Gasteiger partial charge on any atom is 0.246 e. The van der Waals surface area contributed by atoms with Crippen molar-refractivity contribution < 1.29 is 9.53 Å². The minimum Gasteiger partial charge on any atom is -0.369 e. The summed E-state index contributed by atoms with van der Waals surface area (Å²) in [6, 6.07) is 3.94. The van der Waals surface area contributed by atoms with Gasteiger partial charge in [-0.2, -0.15) is 0 Å². The molecule has 1 unspecified atom stereocenters. The summed E-state index contributed by atoms with van der Waals surface area (Å²) in [5.74, 6) is -0.418. The molecule has 1 heterocycles. The lowest BCUT2D eigenvalue weighted by molar-refractivity contribution is -0.128. The van der Waals surface area contributed by atoms with Crippen molar-refractivity contribution in [2.24, 2.45) is 5.73 Å². The Bertz CT molecular complexity index is 301. The molecule has 1 aromatic rings. The summed E-state index contributed by atoms with van der Waals surface area (Å²) in [6.45, 7) is 2.21. The van der Waals surface area contributed by atoms with Crippen molar-refractivity contribution in [1.82, 2.24) is 4.98 Å². The van der Waals surface area contributed by atoms with E-state index in [-0.39, 0.29) is 0 Å². The van der Waals surface area contributed by atoms with Gasteiger partial charge in [0.05, 0.1) is 0 Å². The Morgan fingerprint density at radius 3 is 2.80 bits per heavy atom. The second-order valence-electron chi connectivity index (χ2n) is 3.37. The first-order valence-corrected chi connectivity index (χ1v) is 5.00. The molecule has 0 spiro atoms. The number of amides is 1. The van der Waals surface area contributed by atoms with Gasteiger partial charge in [-0.25, -0.2) is 0 Å². The van der Waals surface area contributed by atoms with E-state index in [1.807, 2.05) is 12.1 Å². The Morgan fingerprint density at radius 2 is 2.20 bits per heavy atom. The van der Waals surface area contributed by atoms with Crippen LogP contribution in [0.2, 0.25) is 0 Å². The Kier molecular flexibility index (Phi) is 4.77. The van der Waals surface area contributed by atoms with Gasteiger partial charge in [0.2, 0.25) is 5.91 Å². The van der Waals surface area contributed by atoms with Crippen molar-refractivity contribution in [3.05, 3.63) is 30.1 Å². The van der Waals surface area contributed by atoms with E-state index in [2.05, 4.69) is 4.98 Å². The number of nitrogens with two attached hydrogens (primary N) is 1. The number of aryl methyl sites for hydroxylation is 1. The molecule has 0 saturated heterocycles. The number of nitrogens with zero attached hydrogens (tertiary/aromatic N) is 1. The largest absolute Gasteiger partial charge is 0.369 e. The maximum absolute atomic E-state index is 10.7. The number of aromatic nitrogens is 1. The second kappa shape index (κ2) is 6.14. The van der Waals surface area contributed by atoms with E-state index in [1.54, 1.807) is 19.3 Å². The number of hydrogen-bond acceptors (Lipinski definition) is 3. The summed E-state index contributed by atoms with van der Waals surface area (Å²) < 4.78 is 5.23. The van der Waals surface area contributed by atoms with E-state index in [4.69, 9.17) is 10.5 Å². The molecular weight excluding hydrogens is 192 g/mol. The molecule has 1 atom stereocenters. The molecule has 0 aliphatic heterocycles. The quantitative estimate of drug-likeness (QED) is 0.706. The normalized spacial score (nSPS) is 12.3. The van der Waals surface area contributed by atoms with Gasteiger partial charge >= 0.3 is 0 Å². The van der Waals surface area contributed by atoms with E-state index in [1.165, 1.54) is 5.56 Å². The molecule has 1 aromatic heterocycles. The SMILES string of the molecule is CC(OCCCc1ccncc1)C(N)=O. The van der Waals surface area contributed by atoms with Gasteiger partial charge in [-0.1, -0.05) is 0 Å². The van der Waals surface area contributed by atoms with Crippen molar-refractivity contribution in [2.75, 3.05) is 6.61 Å². The number of rotatable bonds is 6. The Balaban J connectivity index is 2.15. The summed E-state index contributed by atoms with van der Waals surface area (Å²) in [5, 5.41) is 0. The van der Waals surface area contributed by atoms with Crippen LogP contribution >= 0.6 is 0 Å². The molecule has 2 N–H and O–H groups in total. The van der Waals surface area contributed by atoms with Gasteiger partial charge < -0.3 is 10.5 Å². The fraction of sp³-hybridized carbons (Fsp3) is 0.455. The second-order valence-corrected chi connectivity index (χ2v) is 3.37. The highest BCUT2D eigenvalue weighted by Gasteiger charge is 2.07. The molecule has 0 bridgehead atoms. The Labute approximate surface area is 89.5 Å². The van der Waals surface area contributed by atoms with Gasteiger partial charge in [-0.05, 0) is 37.5 Å². The van der Waals surface area contributed by atoms with Gasteiger partial charge in [0, 0.05) is 19.0 Å². The van der Waals surface area contributed by atoms with E-state index in [0.717, 1.165) is 12.8 Å². The van der Waals surface area contributed by atoms with Crippen LogP contribution in [0, 0.1) is 0 Å². The highest BCUT2D eigenvalue weighted by Crippen LogP contribution is 2.01. The zero-order chi connectivity index (χ0) is 11.1. The molecular formula is C11H16N2O2. The molecule has 0 saturated carbocycles. The van der Waals surface area contributed by atoms with E-state index < -0.39 is 12.0 Å². The predicted molar refractivity (Wildman–Crippen MR) is 57.2 cm³/mol. The van der Waals surface area contributed by atoms with Gasteiger partial charge in [-0.15, -0.1) is 0 Å². The summed E-state index contributed by atoms with van der Waals surface area (Å²) in [5.41, 5.74) is 6.28. The van der Waals surface area contributed by atoms with Crippen LogP contribution in [0.25, 0.3) is 0 Å². The van der Waals surface area contributed by atoms with Crippen LogP contribution in [0.1, 0.15) is 18.9 Å². The van der Waals surface area contributed by atoms with E-state index >= 15 is 0 Å². The first-order valence-electron chi connectivity index (χ1n) is 5.00. The lowest BCUT2D eigenvalue weighted by Gasteiger charge is -2.08. The molecule has 0 aliphatic rings. The standard InChI is InChI=1S/C11H16N2O2/c1-9(11(12)14)15-8-2-3-10-4-6-13-7-5-10/h4-7,9H,2-3,8H2,1H3,(H2,12,14). The fourth-order valence-electron chi connectivity index (χ4n) is 1.17. The third-order valence-corrected chi connectivity index (χ3v) is 2.13. The molecule has 0 radical (unpaired) electrons. The molecule has 4 nitrogen and oxygen atoms in total. The van der Waals surface area contributed by atoms with Crippen LogP contribution < -0.4 is 5.73 Å². The van der Waals surface area contributed by atoms with Crippen LogP contribution in [-0.4, -0.2) is 23.6 Å². The Hall–Kier alpha value is -1.42. The number of primary amides is 1. The average molecular weight is 208 g/mol. The topological polar surface area (TPSA) is 65.2 Å². The average Bonchev–Trinajstić information content (AvgIpc) is 2.25. The number of carbonyl (C=O) groups excluding carboxylic acids is 1. The van der Waals surface area contributed by atoms with Gasteiger partial charge in [-0.3, -0.25) is 9.78 Å². The number of pyridine rings is 1. The van der Waals surface area contributed by atoms with Crippen molar-refractivity contribution in [2.45, 2.75) is 25.9 Å². The van der Waals surface area contributed by atoms with Crippen molar-refractivity contribution in [3.63, 3.8) is 0 Å². The Morgan fingerprint density at radius 1 is 1.53 bits per heavy atom. The van der Waals surface area contributed by atoms with Crippen LogP contribution in [0.5, 0.6) is 0 Å². The summed E-state index contributed by atoms with van der Waals surface area (Å²) in [4.78, 5) is 14.6. The van der Waals surface area contributed by atoms with Gasteiger partial charge in [0.25, 0.3) is 0 Å². The monoisotopic (exact) mass is 208 g/mol. The molecule has 0 aromatic carbocycles. The fourth-order valence-corrected chi connectivity index (χ4v) is 1.17. The zero-order valence-electron chi connectivity index (χ0n) is 8.85. The van der Waals surface area contributed by atoms with Crippen molar-refractivity contribution in [1.29, 1.82) is 0 Å². The first-order chi connectivity index (χ1) is 7.20. The number of ether oxygens (including phenoxy) is 1. The molecule has 4 heteroatoms.